The summed E-state index contributed by atoms with van der Waals surface area (Å²) in [6.45, 7) is 1.45. The van der Waals surface area contributed by atoms with Gasteiger partial charge in [0, 0.05) is 0 Å². The summed E-state index contributed by atoms with van der Waals surface area (Å²) in [5.41, 5.74) is 0.486. The second-order valence-corrected chi connectivity index (χ2v) is 4.59. The van der Waals surface area contributed by atoms with Crippen LogP contribution in [-0.4, -0.2) is 39.7 Å². The predicted octanol–water partition coefficient (Wildman–Crippen LogP) is 1.02. The van der Waals surface area contributed by atoms with E-state index in [1.807, 2.05) is 13.8 Å². The van der Waals surface area contributed by atoms with Crippen LogP contribution in [0, 0.1) is 0 Å². The maximum Gasteiger partial charge on any atom is 0.287 e. The molecule has 96 valence electrons. The Kier molecular flexibility index (Phi) is 4.47. The van der Waals surface area contributed by atoms with Gasteiger partial charge in [0.25, 0.3) is 11.8 Å². The van der Waals surface area contributed by atoms with Gasteiger partial charge in [-0.15, -0.1) is 5.10 Å². The Morgan fingerprint density at radius 1 is 1.59 bits per heavy atom. The minimum atomic E-state index is -3.31. The smallest absolute Gasteiger partial charge is 0.287 e. The largest absolute Gasteiger partial charge is 0.390 e. The zero-order chi connectivity index (χ0) is 13.1. The van der Waals surface area contributed by atoms with Crippen molar-refractivity contribution in [1.82, 2.24) is 14.9 Å². The van der Waals surface area contributed by atoms with Crippen LogP contribution in [0.2, 0.25) is 0 Å². The molecular weight excluding hydrogens is 252 g/mol. The van der Waals surface area contributed by atoms with Crippen molar-refractivity contribution in [2.24, 2.45) is 0 Å². The van der Waals surface area contributed by atoms with Crippen LogP contribution < -0.4 is 5.32 Å². The zero-order valence-electron chi connectivity index (χ0n) is 9.41. The molecule has 1 rings (SSSR count). The van der Waals surface area contributed by atoms with Gasteiger partial charge in [-0.25, -0.2) is 8.78 Å². The minimum absolute atomic E-state index is 0.00662. The van der Waals surface area contributed by atoms with E-state index in [9.17, 15) is 13.6 Å². The van der Waals surface area contributed by atoms with Crippen molar-refractivity contribution in [3.8, 4) is 0 Å². The van der Waals surface area contributed by atoms with Gasteiger partial charge >= 0.3 is 0 Å². The number of nitrogens with one attached hydrogen (secondary N) is 1. The summed E-state index contributed by atoms with van der Waals surface area (Å²) in [7, 11) is 0. The van der Waals surface area contributed by atoms with Gasteiger partial charge in [-0.3, -0.25) is 4.79 Å². The fraction of sp³-hybridized carbons (Fsp3) is 0.667. The van der Waals surface area contributed by atoms with Crippen molar-refractivity contribution < 1.29 is 18.7 Å². The molecule has 1 aromatic rings. The normalized spacial score (nSPS) is 11.9. The fourth-order valence-corrected chi connectivity index (χ4v) is 1.81. The molecule has 0 bridgehead atoms. The highest BCUT2D eigenvalue weighted by atomic mass is 32.1. The Morgan fingerprint density at radius 3 is 2.76 bits per heavy atom. The number of rotatable bonds is 5. The number of aliphatic hydroxyl groups excluding tert-OH is 1. The van der Waals surface area contributed by atoms with E-state index in [0.717, 1.165) is 11.5 Å². The summed E-state index contributed by atoms with van der Waals surface area (Å²) in [6, 6.07) is 0. The molecule has 0 aromatic carbocycles. The van der Waals surface area contributed by atoms with E-state index in [2.05, 4.69) is 14.9 Å². The molecule has 0 atom stereocenters. The van der Waals surface area contributed by atoms with Gasteiger partial charge in [-0.2, -0.15) is 0 Å². The molecule has 17 heavy (non-hydrogen) atoms. The van der Waals surface area contributed by atoms with Crippen LogP contribution in [0.1, 0.15) is 35.1 Å². The van der Waals surface area contributed by atoms with E-state index < -0.39 is 25.0 Å². The predicted molar refractivity (Wildman–Crippen MR) is 58.4 cm³/mol. The molecular formula is C9H13F2N3O2S. The Bertz CT molecular complexity index is 395. The van der Waals surface area contributed by atoms with Crippen LogP contribution in [0.4, 0.5) is 8.78 Å². The Morgan fingerprint density at radius 2 is 2.24 bits per heavy atom. The van der Waals surface area contributed by atoms with Gasteiger partial charge in [0.1, 0.15) is 11.5 Å². The first kappa shape index (κ1) is 13.9. The Labute approximate surface area is 101 Å². The molecule has 0 aliphatic heterocycles. The van der Waals surface area contributed by atoms with Crippen LogP contribution in [0.15, 0.2) is 0 Å². The highest BCUT2D eigenvalue weighted by Gasteiger charge is 2.29. The van der Waals surface area contributed by atoms with Gasteiger partial charge < -0.3 is 10.4 Å². The second-order valence-electron chi connectivity index (χ2n) is 3.84. The second kappa shape index (κ2) is 5.46. The number of carbonyl (C=O) groups is 1. The molecule has 0 radical (unpaired) electrons. The molecule has 5 nitrogen and oxygen atoms in total. The molecule has 0 aliphatic carbocycles. The van der Waals surface area contributed by atoms with Crippen LogP contribution in [0.25, 0.3) is 0 Å². The molecule has 0 aliphatic rings. The first-order chi connectivity index (χ1) is 7.87. The molecule has 8 heteroatoms. The third-order valence-electron chi connectivity index (χ3n) is 2.01. The summed E-state index contributed by atoms with van der Waals surface area (Å²) in [4.78, 5) is 11.8. The molecule has 1 amide bonds. The van der Waals surface area contributed by atoms with Crippen molar-refractivity contribution in [2.45, 2.75) is 25.7 Å². The van der Waals surface area contributed by atoms with Gasteiger partial charge in [-0.05, 0) is 17.5 Å². The number of amides is 1. The van der Waals surface area contributed by atoms with Crippen molar-refractivity contribution in [2.75, 3.05) is 13.2 Å². The van der Waals surface area contributed by atoms with Crippen molar-refractivity contribution in [3.05, 3.63) is 10.6 Å². The van der Waals surface area contributed by atoms with Crippen LogP contribution in [0.3, 0.4) is 0 Å². The molecule has 0 unspecified atom stereocenters. The summed E-state index contributed by atoms with van der Waals surface area (Å²) in [5, 5.41) is 14.2. The standard InChI is InChI=1S/C9H13F2N3O2S/c1-5(2)6-7(17-14-13-6)8(16)12-3-9(10,11)4-15/h5,15H,3-4H2,1-2H3,(H,12,16). The van der Waals surface area contributed by atoms with E-state index in [1.54, 1.807) is 0 Å². The number of hydrogen-bond acceptors (Lipinski definition) is 5. The van der Waals surface area contributed by atoms with Crippen LogP contribution >= 0.6 is 11.5 Å². The topological polar surface area (TPSA) is 75.1 Å². The monoisotopic (exact) mass is 265 g/mol. The molecule has 0 saturated carbocycles. The minimum Gasteiger partial charge on any atom is -0.390 e. The lowest BCUT2D eigenvalue weighted by Gasteiger charge is -2.13. The third kappa shape index (κ3) is 3.67. The quantitative estimate of drug-likeness (QED) is 0.833. The average molecular weight is 265 g/mol. The van der Waals surface area contributed by atoms with Crippen molar-refractivity contribution in [1.29, 1.82) is 0 Å². The number of aromatic nitrogens is 2. The summed E-state index contributed by atoms with van der Waals surface area (Å²) >= 11 is 0.864. The summed E-state index contributed by atoms with van der Waals surface area (Å²) in [6.07, 6.45) is 0. The van der Waals surface area contributed by atoms with Crippen LogP contribution in [-0.2, 0) is 0 Å². The van der Waals surface area contributed by atoms with E-state index in [0.29, 0.717) is 5.69 Å². The van der Waals surface area contributed by atoms with E-state index >= 15 is 0 Å². The summed E-state index contributed by atoms with van der Waals surface area (Å²) in [5.74, 6) is -3.96. The highest BCUT2D eigenvalue weighted by Crippen LogP contribution is 2.19. The molecule has 0 fully saturated rings. The molecule has 2 N–H and O–H groups in total. The number of aliphatic hydroxyl groups is 1. The first-order valence-corrected chi connectivity index (χ1v) is 5.74. The Balaban J connectivity index is 2.68. The fourth-order valence-electron chi connectivity index (χ4n) is 1.08. The average Bonchev–Trinajstić information content (AvgIpc) is 2.75. The van der Waals surface area contributed by atoms with Gasteiger partial charge in [-0.1, -0.05) is 18.3 Å². The number of carbonyl (C=O) groups excluding carboxylic acids is 1. The molecule has 1 heterocycles. The van der Waals surface area contributed by atoms with E-state index in [-0.39, 0.29) is 10.8 Å². The lowest BCUT2D eigenvalue weighted by atomic mass is 10.1. The summed E-state index contributed by atoms with van der Waals surface area (Å²) < 4.78 is 29.1. The number of hydrogen-bond donors (Lipinski definition) is 2. The van der Waals surface area contributed by atoms with Gasteiger partial charge in [0.2, 0.25) is 0 Å². The molecule has 1 aromatic heterocycles. The number of alkyl halides is 2. The lowest BCUT2D eigenvalue weighted by Crippen LogP contribution is -2.39. The zero-order valence-corrected chi connectivity index (χ0v) is 10.2. The van der Waals surface area contributed by atoms with E-state index in [4.69, 9.17) is 5.11 Å². The van der Waals surface area contributed by atoms with Crippen molar-refractivity contribution in [3.63, 3.8) is 0 Å². The lowest BCUT2D eigenvalue weighted by molar-refractivity contribution is -0.0461. The van der Waals surface area contributed by atoms with Crippen molar-refractivity contribution >= 4 is 17.4 Å². The van der Waals surface area contributed by atoms with E-state index in [1.165, 1.54) is 0 Å². The molecule has 0 spiro atoms. The van der Waals surface area contributed by atoms with Crippen LogP contribution in [0.5, 0.6) is 0 Å². The number of nitrogens with zero attached hydrogens (tertiary/aromatic N) is 2. The SMILES string of the molecule is CC(C)c1nnsc1C(=O)NCC(F)(F)CO. The number of halogens is 2. The highest BCUT2D eigenvalue weighted by molar-refractivity contribution is 7.08. The van der Waals surface area contributed by atoms with Gasteiger partial charge in [0.15, 0.2) is 0 Å². The third-order valence-corrected chi connectivity index (χ3v) is 2.75. The molecule has 0 saturated heterocycles. The van der Waals surface area contributed by atoms with Gasteiger partial charge in [0.05, 0.1) is 12.2 Å². The Hall–Kier alpha value is -1.15. The maximum absolute atomic E-state index is 12.7. The first-order valence-electron chi connectivity index (χ1n) is 4.96. The maximum atomic E-state index is 12.7.